The van der Waals surface area contributed by atoms with E-state index in [4.69, 9.17) is 9.98 Å². The first-order chi connectivity index (χ1) is 12.7. The average Bonchev–Trinajstić information content (AvgIpc) is 2.62. The van der Waals surface area contributed by atoms with Gasteiger partial charge < -0.3 is 9.80 Å². The topological polar surface area (TPSA) is 31.7 Å². The number of likely N-dealkylation sites (N-methyl/N-ethyl adjacent to an activating group) is 1. The Kier molecular flexibility index (Phi) is 4.37. The van der Waals surface area contributed by atoms with Crippen LogP contribution in [-0.4, -0.2) is 49.2 Å². The number of hydrogen-bond acceptors (Lipinski definition) is 4. The molecule has 144 valence electrons. The minimum absolute atomic E-state index is 0.0776. The largest absolute Gasteiger partial charge is 0.416 e. The van der Waals surface area contributed by atoms with Crippen LogP contribution in [0.1, 0.15) is 19.4 Å². The van der Waals surface area contributed by atoms with Crippen molar-refractivity contribution in [2.45, 2.75) is 26.1 Å². The quantitative estimate of drug-likeness (QED) is 0.766. The zero-order chi connectivity index (χ0) is 19.3. The maximum absolute atomic E-state index is 13.2. The van der Waals surface area contributed by atoms with Gasteiger partial charge in [0.05, 0.1) is 17.1 Å². The number of hydrogen-bond donors (Lipinski definition) is 0. The van der Waals surface area contributed by atoms with Gasteiger partial charge in [0, 0.05) is 36.8 Å². The fourth-order valence-corrected chi connectivity index (χ4v) is 3.70. The fourth-order valence-electron chi connectivity index (χ4n) is 3.70. The Morgan fingerprint density at radius 3 is 2.44 bits per heavy atom. The molecule has 27 heavy (non-hydrogen) atoms. The molecule has 1 aromatic heterocycles. The van der Waals surface area contributed by atoms with Crippen molar-refractivity contribution in [1.29, 1.82) is 0 Å². The van der Waals surface area contributed by atoms with E-state index in [2.05, 4.69) is 22.9 Å². The molecule has 4 nitrogen and oxygen atoms in total. The van der Waals surface area contributed by atoms with E-state index in [1.54, 1.807) is 0 Å². The van der Waals surface area contributed by atoms with Gasteiger partial charge in [0.1, 0.15) is 5.36 Å². The summed E-state index contributed by atoms with van der Waals surface area (Å²) in [5.74, 6) is 0.957. The van der Waals surface area contributed by atoms with Gasteiger partial charge in [0.2, 0.25) is 0 Å². The van der Waals surface area contributed by atoms with Crippen LogP contribution >= 0.6 is 0 Å². The molecule has 0 bridgehead atoms. The van der Waals surface area contributed by atoms with E-state index in [-0.39, 0.29) is 12.0 Å². The number of fused-ring (bicyclic) bond motifs is 3. The summed E-state index contributed by atoms with van der Waals surface area (Å²) in [4.78, 5) is 14.0. The van der Waals surface area contributed by atoms with Crippen molar-refractivity contribution in [2.24, 2.45) is 10.9 Å². The van der Waals surface area contributed by atoms with E-state index in [1.807, 2.05) is 13.8 Å². The van der Waals surface area contributed by atoms with Crippen LogP contribution in [0.4, 0.5) is 19.0 Å². The van der Waals surface area contributed by atoms with Crippen LogP contribution in [0.2, 0.25) is 0 Å². The van der Waals surface area contributed by atoms with Gasteiger partial charge in [0.25, 0.3) is 0 Å². The van der Waals surface area contributed by atoms with E-state index in [9.17, 15) is 13.2 Å². The molecular formula is C20H23F3N4. The Bertz CT molecular complexity index is 991. The van der Waals surface area contributed by atoms with Crippen molar-refractivity contribution < 1.29 is 13.2 Å². The highest BCUT2D eigenvalue weighted by atomic mass is 19.4. The molecule has 2 atom stereocenters. The van der Waals surface area contributed by atoms with Crippen molar-refractivity contribution in [3.8, 4) is 0 Å². The predicted molar refractivity (Wildman–Crippen MR) is 100 cm³/mol. The average molecular weight is 376 g/mol. The summed E-state index contributed by atoms with van der Waals surface area (Å²) in [5.41, 5.74) is -0.0603. The molecule has 0 aliphatic carbocycles. The van der Waals surface area contributed by atoms with Crippen LogP contribution in [0.3, 0.4) is 0 Å². The van der Waals surface area contributed by atoms with Crippen LogP contribution in [0.5, 0.6) is 0 Å². The lowest BCUT2D eigenvalue weighted by atomic mass is 9.97. The minimum atomic E-state index is -4.37. The summed E-state index contributed by atoms with van der Waals surface area (Å²) in [6.07, 6.45) is -2.32. The molecule has 1 aromatic carbocycles. The molecule has 0 spiro atoms. The molecule has 0 saturated carbocycles. The van der Waals surface area contributed by atoms with Crippen molar-refractivity contribution >= 4 is 22.8 Å². The van der Waals surface area contributed by atoms with Gasteiger partial charge in [-0.05, 0) is 38.1 Å². The lowest BCUT2D eigenvalue weighted by Gasteiger charge is -2.34. The maximum Gasteiger partial charge on any atom is 0.416 e. The van der Waals surface area contributed by atoms with Crippen molar-refractivity contribution in [2.75, 3.05) is 38.1 Å². The third-order valence-electron chi connectivity index (χ3n) is 5.63. The molecule has 3 heterocycles. The molecule has 0 amide bonds. The van der Waals surface area contributed by atoms with Gasteiger partial charge in [-0.15, -0.1) is 0 Å². The minimum Gasteiger partial charge on any atom is -0.352 e. The van der Waals surface area contributed by atoms with Gasteiger partial charge in [-0.2, -0.15) is 13.2 Å². The lowest BCUT2D eigenvalue weighted by Crippen LogP contribution is -2.49. The lowest BCUT2D eigenvalue weighted by molar-refractivity contribution is -0.137. The number of nitrogens with zero attached hydrogens (tertiary/aromatic N) is 4. The van der Waals surface area contributed by atoms with Crippen molar-refractivity contribution in [3.63, 3.8) is 0 Å². The SMILES string of the molecule is CC1C=c2c(c(N3CCN(C)CC3)nc3ccc(C(F)(F)F)cc23)=NC1C. The zero-order valence-electron chi connectivity index (χ0n) is 15.7. The third kappa shape index (κ3) is 3.29. The summed E-state index contributed by atoms with van der Waals surface area (Å²) in [6, 6.07) is 3.88. The molecule has 7 heteroatoms. The van der Waals surface area contributed by atoms with E-state index in [0.717, 1.165) is 48.6 Å². The van der Waals surface area contributed by atoms with Crippen LogP contribution in [0.15, 0.2) is 23.2 Å². The standard InChI is InChI=1S/C20H23F3N4/c1-12-10-16-15-11-14(20(21,22)23)4-5-17(15)25-19(18(16)24-13(12)2)27-8-6-26(3)7-9-27/h4-5,10-13H,6-9H2,1-3H3. The van der Waals surface area contributed by atoms with E-state index < -0.39 is 11.7 Å². The number of rotatable bonds is 1. The summed E-state index contributed by atoms with van der Waals surface area (Å²) < 4.78 is 39.7. The van der Waals surface area contributed by atoms with E-state index in [0.29, 0.717) is 10.9 Å². The molecule has 0 radical (unpaired) electrons. The number of anilines is 1. The Hall–Kier alpha value is -2.15. The van der Waals surface area contributed by atoms with E-state index >= 15 is 0 Å². The monoisotopic (exact) mass is 376 g/mol. The second kappa shape index (κ2) is 6.48. The molecule has 1 saturated heterocycles. The second-order valence-corrected chi connectivity index (χ2v) is 7.61. The van der Waals surface area contributed by atoms with Crippen LogP contribution in [0.25, 0.3) is 17.0 Å². The van der Waals surface area contributed by atoms with Gasteiger partial charge in [-0.3, -0.25) is 4.99 Å². The van der Waals surface area contributed by atoms with Crippen LogP contribution in [-0.2, 0) is 6.18 Å². The molecule has 2 unspecified atom stereocenters. The highest BCUT2D eigenvalue weighted by Gasteiger charge is 2.31. The van der Waals surface area contributed by atoms with Gasteiger partial charge in [-0.25, -0.2) is 4.98 Å². The number of piperazine rings is 1. The molecule has 4 rings (SSSR count). The number of alkyl halides is 3. The molecule has 2 aliphatic rings. The summed E-state index contributed by atoms with van der Waals surface area (Å²) >= 11 is 0. The maximum atomic E-state index is 13.2. The number of pyridine rings is 1. The predicted octanol–water partition coefficient (Wildman–Crippen LogP) is 2.44. The highest BCUT2D eigenvalue weighted by molar-refractivity contribution is 5.83. The Morgan fingerprint density at radius 2 is 1.78 bits per heavy atom. The Morgan fingerprint density at radius 1 is 1.07 bits per heavy atom. The number of aromatic nitrogens is 1. The molecule has 2 aromatic rings. The highest BCUT2D eigenvalue weighted by Crippen LogP contribution is 2.30. The van der Waals surface area contributed by atoms with Crippen LogP contribution in [0, 0.1) is 5.92 Å². The molecule has 2 aliphatic heterocycles. The third-order valence-corrected chi connectivity index (χ3v) is 5.63. The molecular weight excluding hydrogens is 353 g/mol. The van der Waals surface area contributed by atoms with Gasteiger partial charge in [-0.1, -0.05) is 13.0 Å². The first kappa shape index (κ1) is 18.2. The number of benzene rings is 1. The first-order valence-corrected chi connectivity index (χ1v) is 9.28. The van der Waals surface area contributed by atoms with Crippen molar-refractivity contribution in [3.05, 3.63) is 34.3 Å². The van der Waals surface area contributed by atoms with Gasteiger partial charge >= 0.3 is 6.18 Å². The zero-order valence-corrected chi connectivity index (χ0v) is 15.7. The summed E-state index contributed by atoms with van der Waals surface area (Å²) in [6.45, 7) is 7.61. The Balaban J connectivity index is 1.98. The number of halogens is 3. The summed E-state index contributed by atoms with van der Waals surface area (Å²) in [7, 11) is 2.08. The van der Waals surface area contributed by atoms with E-state index in [1.165, 1.54) is 12.1 Å². The summed E-state index contributed by atoms with van der Waals surface area (Å²) in [5, 5.41) is 2.04. The first-order valence-electron chi connectivity index (χ1n) is 9.28. The molecule has 1 fully saturated rings. The molecule has 0 N–H and O–H groups in total. The smallest absolute Gasteiger partial charge is 0.352 e. The normalized spacial score (nSPS) is 23.7. The van der Waals surface area contributed by atoms with Crippen molar-refractivity contribution in [1.82, 2.24) is 9.88 Å². The Labute approximate surface area is 156 Å². The second-order valence-electron chi connectivity index (χ2n) is 7.61. The fraction of sp³-hybridized carbons (Fsp3) is 0.500. The van der Waals surface area contributed by atoms with Crippen LogP contribution < -0.4 is 15.5 Å². The van der Waals surface area contributed by atoms with Gasteiger partial charge in [0.15, 0.2) is 5.82 Å².